The Morgan fingerprint density at radius 2 is 2.07 bits per heavy atom. The van der Waals surface area contributed by atoms with Crippen molar-refractivity contribution in [1.82, 2.24) is 5.32 Å². The number of hydrogen-bond donors (Lipinski definition) is 1. The molecule has 1 atom stereocenters. The minimum absolute atomic E-state index is 0.171. The first-order valence-electron chi connectivity index (χ1n) is 5.86. The first kappa shape index (κ1) is 9.97. The van der Waals surface area contributed by atoms with Crippen molar-refractivity contribution in [3.63, 3.8) is 0 Å². The van der Waals surface area contributed by atoms with Crippen molar-refractivity contribution >= 4 is 0 Å². The summed E-state index contributed by atoms with van der Waals surface area (Å²) in [6, 6.07) is 0. The predicted molar refractivity (Wildman–Crippen MR) is 61.3 cm³/mol. The van der Waals surface area contributed by atoms with E-state index in [2.05, 4.69) is 24.9 Å². The SMILES string of the molecule is C=CC1(C2=C(C)CCCC2)CCCN1. The van der Waals surface area contributed by atoms with Gasteiger partial charge in [-0.1, -0.05) is 11.6 Å². The van der Waals surface area contributed by atoms with Gasteiger partial charge in [-0.15, -0.1) is 6.58 Å². The number of rotatable bonds is 2. The molecule has 0 spiro atoms. The van der Waals surface area contributed by atoms with Crippen LogP contribution in [0.1, 0.15) is 45.4 Å². The molecule has 78 valence electrons. The van der Waals surface area contributed by atoms with Crippen LogP contribution in [0.4, 0.5) is 0 Å². The largest absolute Gasteiger partial charge is 0.304 e. The van der Waals surface area contributed by atoms with E-state index in [-0.39, 0.29) is 5.54 Å². The molecule has 1 aliphatic heterocycles. The molecule has 0 bridgehead atoms. The second kappa shape index (κ2) is 3.90. The van der Waals surface area contributed by atoms with Gasteiger partial charge >= 0.3 is 0 Å². The van der Waals surface area contributed by atoms with E-state index >= 15 is 0 Å². The van der Waals surface area contributed by atoms with Gasteiger partial charge in [-0.25, -0.2) is 0 Å². The second-order valence-corrected chi connectivity index (χ2v) is 4.67. The van der Waals surface area contributed by atoms with Crippen LogP contribution >= 0.6 is 0 Å². The average molecular weight is 191 g/mol. The highest BCUT2D eigenvalue weighted by Crippen LogP contribution is 2.37. The summed E-state index contributed by atoms with van der Waals surface area (Å²) in [5, 5.41) is 3.64. The fourth-order valence-electron chi connectivity index (χ4n) is 2.98. The lowest BCUT2D eigenvalue weighted by molar-refractivity contribution is 0.493. The van der Waals surface area contributed by atoms with Gasteiger partial charge < -0.3 is 5.32 Å². The van der Waals surface area contributed by atoms with E-state index < -0.39 is 0 Å². The van der Waals surface area contributed by atoms with E-state index in [1.165, 1.54) is 38.5 Å². The molecule has 14 heavy (non-hydrogen) atoms. The summed E-state index contributed by atoms with van der Waals surface area (Å²) in [4.78, 5) is 0. The fourth-order valence-corrected chi connectivity index (χ4v) is 2.98. The highest BCUT2D eigenvalue weighted by atomic mass is 15.0. The summed E-state index contributed by atoms with van der Waals surface area (Å²) in [7, 11) is 0. The zero-order valence-corrected chi connectivity index (χ0v) is 9.23. The van der Waals surface area contributed by atoms with Crippen LogP contribution in [0.15, 0.2) is 23.8 Å². The van der Waals surface area contributed by atoms with Crippen LogP contribution < -0.4 is 5.32 Å². The summed E-state index contributed by atoms with van der Waals surface area (Å²) >= 11 is 0. The van der Waals surface area contributed by atoms with E-state index in [0.29, 0.717) is 0 Å². The minimum Gasteiger partial charge on any atom is -0.304 e. The Morgan fingerprint density at radius 1 is 1.29 bits per heavy atom. The standard InChI is InChI=1S/C13H21N/c1-3-13(9-6-10-14-13)12-8-5-4-7-11(12)2/h3,14H,1,4-10H2,2H3. The Balaban J connectivity index is 2.30. The molecule has 0 aromatic carbocycles. The van der Waals surface area contributed by atoms with Gasteiger partial charge in [0.2, 0.25) is 0 Å². The minimum atomic E-state index is 0.171. The number of nitrogens with one attached hydrogen (secondary N) is 1. The lowest BCUT2D eigenvalue weighted by atomic mass is 9.78. The zero-order chi connectivity index (χ0) is 10.0. The summed E-state index contributed by atoms with van der Waals surface area (Å²) < 4.78 is 0. The van der Waals surface area contributed by atoms with Crippen LogP contribution in [0, 0.1) is 0 Å². The molecule has 1 heteroatoms. The van der Waals surface area contributed by atoms with Gasteiger partial charge in [0.25, 0.3) is 0 Å². The molecule has 1 unspecified atom stereocenters. The third kappa shape index (κ3) is 1.54. The maximum Gasteiger partial charge on any atom is 0.0580 e. The van der Waals surface area contributed by atoms with Crippen molar-refractivity contribution < 1.29 is 0 Å². The molecule has 1 N–H and O–H groups in total. The van der Waals surface area contributed by atoms with E-state index in [9.17, 15) is 0 Å². The van der Waals surface area contributed by atoms with Gasteiger partial charge in [0.05, 0.1) is 5.54 Å². The van der Waals surface area contributed by atoms with Crippen molar-refractivity contribution in [2.45, 2.75) is 51.0 Å². The van der Waals surface area contributed by atoms with Gasteiger partial charge in [0, 0.05) is 0 Å². The highest BCUT2D eigenvalue weighted by Gasteiger charge is 2.35. The van der Waals surface area contributed by atoms with Crippen LogP contribution in [0.3, 0.4) is 0 Å². The molecule has 0 amide bonds. The van der Waals surface area contributed by atoms with Gasteiger partial charge in [-0.05, 0) is 57.6 Å². The Kier molecular flexibility index (Phi) is 2.78. The van der Waals surface area contributed by atoms with Crippen LogP contribution in [0.25, 0.3) is 0 Å². The normalized spacial score (nSPS) is 33.5. The topological polar surface area (TPSA) is 12.0 Å². The molecule has 0 saturated carbocycles. The smallest absolute Gasteiger partial charge is 0.0580 e. The molecule has 2 aliphatic rings. The quantitative estimate of drug-likeness (QED) is 0.661. The van der Waals surface area contributed by atoms with Gasteiger partial charge in [-0.2, -0.15) is 0 Å². The van der Waals surface area contributed by atoms with Crippen LogP contribution in [-0.4, -0.2) is 12.1 Å². The molecular formula is C13H21N. The molecule has 0 aromatic heterocycles. The molecular weight excluding hydrogens is 170 g/mol. The second-order valence-electron chi connectivity index (χ2n) is 4.67. The Labute approximate surface area is 87.3 Å². The molecule has 1 saturated heterocycles. The van der Waals surface area contributed by atoms with Crippen molar-refractivity contribution in [2.75, 3.05) is 6.54 Å². The summed E-state index contributed by atoms with van der Waals surface area (Å²) in [6.45, 7) is 7.49. The molecule has 1 fully saturated rings. The first-order valence-corrected chi connectivity index (χ1v) is 5.86. The summed E-state index contributed by atoms with van der Waals surface area (Å²) in [5.41, 5.74) is 3.44. The summed E-state index contributed by atoms with van der Waals surface area (Å²) in [5.74, 6) is 0. The van der Waals surface area contributed by atoms with Crippen molar-refractivity contribution in [2.24, 2.45) is 0 Å². The van der Waals surface area contributed by atoms with Crippen molar-refractivity contribution in [3.05, 3.63) is 23.8 Å². The maximum atomic E-state index is 4.03. The third-order valence-electron chi connectivity index (χ3n) is 3.82. The van der Waals surface area contributed by atoms with Gasteiger partial charge in [-0.3, -0.25) is 0 Å². The fraction of sp³-hybridized carbons (Fsp3) is 0.692. The van der Waals surface area contributed by atoms with Crippen LogP contribution in [0.2, 0.25) is 0 Å². The van der Waals surface area contributed by atoms with Crippen molar-refractivity contribution in [1.29, 1.82) is 0 Å². The number of hydrogen-bond acceptors (Lipinski definition) is 1. The molecule has 0 aromatic rings. The Hall–Kier alpha value is -0.560. The Bertz CT molecular complexity index is 256. The zero-order valence-electron chi connectivity index (χ0n) is 9.23. The molecule has 1 heterocycles. The lowest BCUT2D eigenvalue weighted by Gasteiger charge is -2.33. The molecule has 2 rings (SSSR count). The predicted octanol–water partition coefficient (Wildman–Crippen LogP) is 3.19. The molecule has 0 radical (unpaired) electrons. The molecule has 1 nitrogen and oxygen atoms in total. The summed E-state index contributed by atoms with van der Waals surface area (Å²) in [6.07, 6.45) is 10.0. The van der Waals surface area contributed by atoms with E-state index in [4.69, 9.17) is 0 Å². The number of allylic oxidation sites excluding steroid dienone is 1. The highest BCUT2D eigenvalue weighted by molar-refractivity contribution is 5.34. The van der Waals surface area contributed by atoms with Crippen molar-refractivity contribution in [3.8, 4) is 0 Å². The average Bonchev–Trinajstić information content (AvgIpc) is 2.68. The van der Waals surface area contributed by atoms with Crippen LogP contribution in [0.5, 0.6) is 0 Å². The Morgan fingerprint density at radius 3 is 2.64 bits per heavy atom. The van der Waals surface area contributed by atoms with E-state index in [0.717, 1.165) is 6.54 Å². The third-order valence-corrected chi connectivity index (χ3v) is 3.82. The molecule has 1 aliphatic carbocycles. The van der Waals surface area contributed by atoms with E-state index in [1.54, 1.807) is 11.1 Å². The lowest BCUT2D eigenvalue weighted by Crippen LogP contribution is -2.40. The van der Waals surface area contributed by atoms with Gasteiger partial charge in [0.15, 0.2) is 0 Å². The monoisotopic (exact) mass is 191 g/mol. The van der Waals surface area contributed by atoms with E-state index in [1.807, 2.05) is 0 Å². The van der Waals surface area contributed by atoms with Gasteiger partial charge in [0.1, 0.15) is 0 Å². The van der Waals surface area contributed by atoms with Crippen LogP contribution in [-0.2, 0) is 0 Å². The first-order chi connectivity index (χ1) is 6.78. The maximum absolute atomic E-state index is 4.03.